The molecule has 0 unspecified atom stereocenters. The van der Waals surface area contributed by atoms with Crippen LogP contribution in [0, 0.1) is 0 Å². The molecule has 0 saturated carbocycles. The zero-order valence-electron chi connectivity index (χ0n) is 11.2. The molecule has 2 aromatic rings. The molecule has 0 saturated heterocycles. The van der Waals surface area contributed by atoms with Crippen LogP contribution in [-0.4, -0.2) is 17.6 Å². The Hall–Kier alpha value is -1.53. The molecule has 0 amide bonds. The predicted molar refractivity (Wildman–Crippen MR) is 78.9 cm³/mol. The molecule has 5 nitrogen and oxygen atoms in total. The molecule has 20 heavy (non-hydrogen) atoms. The first kappa shape index (κ1) is 14.9. The summed E-state index contributed by atoms with van der Waals surface area (Å²) in [5.41, 5.74) is 1.000. The molecule has 1 heterocycles. The molecule has 0 bridgehead atoms. The van der Waals surface area contributed by atoms with Crippen LogP contribution in [0.15, 0.2) is 41.5 Å². The van der Waals surface area contributed by atoms with Crippen LogP contribution in [0.1, 0.15) is 25.5 Å². The molecule has 0 radical (unpaired) electrons. The fourth-order valence-corrected chi connectivity index (χ4v) is 2.93. The molecule has 1 aromatic carbocycles. The fourth-order valence-electron chi connectivity index (χ4n) is 1.98. The van der Waals surface area contributed by atoms with Gasteiger partial charge in [0, 0.05) is 29.1 Å². The SMILES string of the molecule is CC(C)n1ccn(-c2cccc(CS(=O)(=O)Cl)c2)c1=O. The normalized spacial score (nSPS) is 12.0. The monoisotopic (exact) mass is 314 g/mol. The third-order valence-electron chi connectivity index (χ3n) is 2.89. The van der Waals surface area contributed by atoms with Gasteiger partial charge in [0.05, 0.1) is 11.4 Å². The second kappa shape index (κ2) is 5.46. The van der Waals surface area contributed by atoms with Crippen molar-refractivity contribution >= 4 is 19.7 Å². The first-order valence-corrected chi connectivity index (χ1v) is 8.57. The van der Waals surface area contributed by atoms with Gasteiger partial charge >= 0.3 is 5.69 Å². The maximum atomic E-state index is 12.2. The van der Waals surface area contributed by atoms with Crippen LogP contribution in [0.5, 0.6) is 0 Å². The van der Waals surface area contributed by atoms with E-state index >= 15 is 0 Å². The summed E-state index contributed by atoms with van der Waals surface area (Å²) < 4.78 is 25.3. The fraction of sp³-hybridized carbons (Fsp3) is 0.308. The molecule has 1 aromatic heterocycles. The van der Waals surface area contributed by atoms with E-state index in [-0.39, 0.29) is 17.5 Å². The smallest absolute Gasteiger partial charge is 0.296 e. The number of rotatable bonds is 4. The number of halogens is 1. The maximum absolute atomic E-state index is 12.2. The lowest BCUT2D eigenvalue weighted by Crippen LogP contribution is -2.24. The maximum Gasteiger partial charge on any atom is 0.332 e. The third kappa shape index (κ3) is 3.32. The second-order valence-corrected chi connectivity index (χ2v) is 7.58. The van der Waals surface area contributed by atoms with E-state index in [2.05, 4.69) is 0 Å². The molecule has 0 aliphatic rings. The van der Waals surface area contributed by atoms with E-state index in [0.29, 0.717) is 11.3 Å². The van der Waals surface area contributed by atoms with Crippen molar-refractivity contribution in [3.8, 4) is 5.69 Å². The lowest BCUT2D eigenvalue weighted by molar-refractivity contribution is 0.574. The zero-order chi connectivity index (χ0) is 14.9. The van der Waals surface area contributed by atoms with Gasteiger partial charge in [-0.05, 0) is 31.5 Å². The summed E-state index contributed by atoms with van der Waals surface area (Å²) in [5, 5.41) is 0. The van der Waals surface area contributed by atoms with E-state index < -0.39 is 9.05 Å². The predicted octanol–water partition coefficient (Wildman–Crippen LogP) is 2.29. The number of benzene rings is 1. The molecule has 0 aliphatic heterocycles. The van der Waals surface area contributed by atoms with Gasteiger partial charge in [0.1, 0.15) is 0 Å². The Morgan fingerprint density at radius 1 is 1.25 bits per heavy atom. The largest absolute Gasteiger partial charge is 0.332 e. The van der Waals surface area contributed by atoms with Gasteiger partial charge in [0.2, 0.25) is 9.05 Å². The quantitative estimate of drug-likeness (QED) is 0.813. The van der Waals surface area contributed by atoms with Crippen molar-refractivity contribution in [2.24, 2.45) is 0 Å². The van der Waals surface area contributed by atoms with Crippen molar-refractivity contribution in [1.82, 2.24) is 9.13 Å². The van der Waals surface area contributed by atoms with Crippen LogP contribution in [-0.2, 0) is 14.8 Å². The van der Waals surface area contributed by atoms with Crippen LogP contribution < -0.4 is 5.69 Å². The molecule has 0 atom stereocenters. The van der Waals surface area contributed by atoms with E-state index in [0.717, 1.165) is 0 Å². The standard InChI is InChI=1S/C13H15ClN2O3S/c1-10(2)15-6-7-16(13(15)17)12-5-3-4-11(8-12)9-20(14,18)19/h3-8,10H,9H2,1-2H3. The van der Waals surface area contributed by atoms with E-state index in [4.69, 9.17) is 10.7 Å². The number of aromatic nitrogens is 2. The number of imidazole rings is 1. The zero-order valence-corrected chi connectivity index (χ0v) is 12.7. The summed E-state index contributed by atoms with van der Waals surface area (Å²) in [4.78, 5) is 12.2. The lowest BCUT2D eigenvalue weighted by atomic mass is 10.2. The average Bonchev–Trinajstić information content (AvgIpc) is 2.69. The topological polar surface area (TPSA) is 61.1 Å². The van der Waals surface area contributed by atoms with Gasteiger partial charge < -0.3 is 0 Å². The van der Waals surface area contributed by atoms with Crippen molar-refractivity contribution in [2.75, 3.05) is 0 Å². The van der Waals surface area contributed by atoms with Crippen molar-refractivity contribution in [1.29, 1.82) is 0 Å². The van der Waals surface area contributed by atoms with Crippen LogP contribution >= 0.6 is 10.7 Å². The lowest BCUT2D eigenvalue weighted by Gasteiger charge is -2.06. The Kier molecular flexibility index (Phi) is 4.06. The number of hydrogen-bond acceptors (Lipinski definition) is 3. The van der Waals surface area contributed by atoms with E-state index in [1.807, 2.05) is 13.8 Å². The van der Waals surface area contributed by atoms with E-state index in [9.17, 15) is 13.2 Å². The summed E-state index contributed by atoms with van der Waals surface area (Å²) in [6, 6.07) is 6.82. The van der Waals surface area contributed by atoms with Gasteiger partial charge in [-0.1, -0.05) is 12.1 Å². The first-order valence-electron chi connectivity index (χ1n) is 6.09. The minimum atomic E-state index is -3.61. The summed E-state index contributed by atoms with van der Waals surface area (Å²) >= 11 is 0. The molecule has 2 rings (SSSR count). The van der Waals surface area contributed by atoms with Gasteiger partial charge in [-0.2, -0.15) is 0 Å². The highest BCUT2D eigenvalue weighted by atomic mass is 35.7. The van der Waals surface area contributed by atoms with Gasteiger partial charge in [0.15, 0.2) is 0 Å². The Morgan fingerprint density at radius 3 is 2.50 bits per heavy atom. The van der Waals surface area contributed by atoms with Crippen molar-refractivity contribution in [3.63, 3.8) is 0 Å². The molecule has 0 fully saturated rings. The molecule has 108 valence electrons. The first-order chi connectivity index (χ1) is 9.28. The Bertz CT molecular complexity index is 775. The van der Waals surface area contributed by atoms with E-state index in [1.54, 1.807) is 41.2 Å². The molecule has 0 aliphatic carbocycles. The Labute approximate surface area is 121 Å². The minimum Gasteiger partial charge on any atom is -0.296 e. The molecular formula is C13H15ClN2O3S. The van der Waals surface area contributed by atoms with Crippen LogP contribution in [0.3, 0.4) is 0 Å². The molecular weight excluding hydrogens is 300 g/mol. The molecule has 7 heteroatoms. The average molecular weight is 315 g/mol. The number of hydrogen-bond donors (Lipinski definition) is 0. The van der Waals surface area contributed by atoms with Crippen LogP contribution in [0.4, 0.5) is 0 Å². The van der Waals surface area contributed by atoms with Gasteiger partial charge in [0.25, 0.3) is 0 Å². The van der Waals surface area contributed by atoms with Gasteiger partial charge in [-0.3, -0.25) is 9.13 Å². The van der Waals surface area contributed by atoms with Crippen molar-refractivity contribution < 1.29 is 8.42 Å². The number of nitrogens with zero attached hydrogens (tertiary/aromatic N) is 2. The Morgan fingerprint density at radius 2 is 1.95 bits per heavy atom. The highest BCUT2D eigenvalue weighted by molar-refractivity contribution is 8.13. The minimum absolute atomic E-state index is 0.0650. The van der Waals surface area contributed by atoms with Gasteiger partial charge in [-0.15, -0.1) is 0 Å². The molecule has 0 spiro atoms. The van der Waals surface area contributed by atoms with Crippen molar-refractivity contribution in [2.45, 2.75) is 25.6 Å². The highest BCUT2D eigenvalue weighted by Crippen LogP contribution is 2.14. The van der Waals surface area contributed by atoms with Crippen LogP contribution in [0.25, 0.3) is 5.69 Å². The van der Waals surface area contributed by atoms with Crippen molar-refractivity contribution in [3.05, 3.63) is 52.7 Å². The van der Waals surface area contributed by atoms with Gasteiger partial charge in [-0.25, -0.2) is 13.2 Å². The Balaban J connectivity index is 2.44. The highest BCUT2D eigenvalue weighted by Gasteiger charge is 2.10. The summed E-state index contributed by atoms with van der Waals surface area (Å²) in [7, 11) is 1.63. The van der Waals surface area contributed by atoms with Crippen LogP contribution in [0.2, 0.25) is 0 Å². The third-order valence-corrected chi connectivity index (χ3v) is 3.89. The summed E-state index contributed by atoms with van der Waals surface area (Å²) in [6.07, 6.45) is 3.37. The summed E-state index contributed by atoms with van der Waals surface area (Å²) in [5.74, 6) is -0.262. The molecule has 0 N–H and O–H groups in total. The van der Waals surface area contributed by atoms with E-state index in [1.165, 1.54) is 4.57 Å². The summed E-state index contributed by atoms with van der Waals surface area (Å²) in [6.45, 7) is 3.84. The second-order valence-electron chi connectivity index (χ2n) is 4.80.